The standard InChI is InChI=1S/C25H27Cl2N3O8.ClH/c1-4-11(26)24(37)29-16-12(27)7-9-5-8-6-10-17(30(2)3)20(33)15(23(28)36)22(35)25(10,38)21(34)14(8)18(31)13(9)19(16)32;/h7-8,10-11,17,32-34,38H,4-6H2,1-3H3,(H2,28,36)(H,29,37);1H/t8?,10?,11?,17-,25?;/m0./s1. The Bertz CT molecular complexity index is 1360. The maximum Gasteiger partial charge on any atom is 0.255 e. The van der Waals surface area contributed by atoms with E-state index in [1.807, 2.05) is 0 Å². The summed E-state index contributed by atoms with van der Waals surface area (Å²) in [5.74, 6) is -8.33. The number of benzene rings is 1. The summed E-state index contributed by atoms with van der Waals surface area (Å²) in [4.78, 5) is 52.8. The van der Waals surface area contributed by atoms with E-state index in [1.54, 1.807) is 21.0 Å². The maximum atomic E-state index is 13.7. The number of nitrogens with zero attached hydrogens (tertiary/aromatic N) is 1. The zero-order valence-electron chi connectivity index (χ0n) is 21.1. The van der Waals surface area contributed by atoms with Crippen LogP contribution in [0.4, 0.5) is 5.69 Å². The van der Waals surface area contributed by atoms with E-state index >= 15 is 0 Å². The number of halogens is 3. The van der Waals surface area contributed by atoms with Gasteiger partial charge in [-0.1, -0.05) is 18.5 Å². The number of anilines is 1. The highest BCUT2D eigenvalue weighted by Crippen LogP contribution is 2.53. The van der Waals surface area contributed by atoms with Crippen molar-refractivity contribution >= 4 is 64.7 Å². The topological polar surface area (TPSA) is 190 Å². The normalized spacial score (nSPS) is 26.9. The number of nitrogens with one attached hydrogen (secondary N) is 1. The summed E-state index contributed by atoms with van der Waals surface area (Å²) in [7, 11) is 3.09. The molecule has 0 aromatic heterocycles. The second kappa shape index (κ2) is 10.6. The molecule has 0 spiro atoms. The second-order valence-electron chi connectivity index (χ2n) is 9.94. The number of phenols is 1. The van der Waals surface area contributed by atoms with Crippen LogP contribution in [0, 0.1) is 11.8 Å². The molecule has 14 heteroatoms. The zero-order chi connectivity index (χ0) is 28.4. The highest BCUT2D eigenvalue weighted by Gasteiger charge is 2.63. The van der Waals surface area contributed by atoms with Gasteiger partial charge in [0.15, 0.2) is 17.1 Å². The fraction of sp³-hybridized carbons (Fsp3) is 0.440. The summed E-state index contributed by atoms with van der Waals surface area (Å²) in [6, 6.07) is 0.323. The van der Waals surface area contributed by atoms with E-state index in [9.17, 15) is 39.6 Å². The molecule has 0 radical (unpaired) electrons. The SMILES string of the molecule is CCC(Cl)C(=O)Nc1c(Cl)cc2c(c1O)C(=O)C1=C(O)C3(O)C(=O)C(C(N)=O)=C(O)[C@@H](N(C)C)C3CC1C2.Cl. The van der Waals surface area contributed by atoms with Crippen molar-refractivity contribution in [1.29, 1.82) is 0 Å². The molecule has 11 nitrogen and oxygen atoms in total. The Hall–Kier alpha value is -2.83. The fourth-order valence-corrected chi connectivity index (χ4v) is 6.10. The Balaban J connectivity index is 0.00000420. The Labute approximate surface area is 239 Å². The van der Waals surface area contributed by atoms with Crippen molar-refractivity contribution in [3.8, 4) is 5.75 Å². The molecule has 212 valence electrons. The molecule has 7 N–H and O–H groups in total. The van der Waals surface area contributed by atoms with E-state index in [-0.39, 0.29) is 53.5 Å². The van der Waals surface area contributed by atoms with Gasteiger partial charge in [-0.25, -0.2) is 0 Å². The number of rotatable bonds is 5. The molecule has 3 aliphatic rings. The summed E-state index contributed by atoms with van der Waals surface area (Å²) < 4.78 is 0. The van der Waals surface area contributed by atoms with Gasteiger partial charge in [-0.2, -0.15) is 0 Å². The highest BCUT2D eigenvalue weighted by atomic mass is 35.5. The lowest BCUT2D eigenvalue weighted by Crippen LogP contribution is -2.63. The van der Waals surface area contributed by atoms with E-state index in [2.05, 4.69) is 5.32 Å². The molecular weight excluding hydrogens is 577 g/mol. The lowest BCUT2D eigenvalue weighted by molar-refractivity contribution is -0.148. The predicted molar refractivity (Wildman–Crippen MR) is 144 cm³/mol. The third-order valence-corrected chi connectivity index (χ3v) is 8.36. The number of allylic oxidation sites excluding steroid dienone is 1. The second-order valence-corrected chi connectivity index (χ2v) is 10.9. The largest absolute Gasteiger partial charge is 0.510 e. The van der Waals surface area contributed by atoms with Crippen LogP contribution < -0.4 is 11.1 Å². The summed E-state index contributed by atoms with van der Waals surface area (Å²) in [5, 5.41) is 46.1. The number of aromatic hydroxyl groups is 1. The smallest absolute Gasteiger partial charge is 0.255 e. The van der Waals surface area contributed by atoms with Crippen molar-refractivity contribution in [1.82, 2.24) is 4.90 Å². The number of carbonyl (C=O) groups is 4. The van der Waals surface area contributed by atoms with Gasteiger partial charge in [0.1, 0.15) is 28.2 Å². The Kier molecular flexibility index (Phi) is 8.37. The molecule has 5 atom stereocenters. The van der Waals surface area contributed by atoms with Crippen LogP contribution in [0.5, 0.6) is 5.75 Å². The number of carbonyl (C=O) groups excluding carboxylic acids is 4. The van der Waals surface area contributed by atoms with Crippen LogP contribution in [-0.4, -0.2) is 79.8 Å². The summed E-state index contributed by atoms with van der Waals surface area (Å²) in [6.45, 7) is 1.68. The summed E-state index contributed by atoms with van der Waals surface area (Å²) in [5.41, 5.74) is 1.18. The van der Waals surface area contributed by atoms with Crippen LogP contribution in [0.15, 0.2) is 28.7 Å². The number of primary amides is 1. The number of nitrogens with two attached hydrogens (primary N) is 1. The minimum Gasteiger partial charge on any atom is -0.510 e. The number of Topliss-reactive ketones (excluding diaryl/α,β-unsaturated/α-hetero) is 2. The minimum atomic E-state index is -2.74. The number of alkyl halides is 1. The lowest BCUT2D eigenvalue weighted by atomic mass is 9.58. The third-order valence-electron chi connectivity index (χ3n) is 7.56. The molecule has 2 amide bonds. The maximum absolute atomic E-state index is 13.7. The van der Waals surface area contributed by atoms with E-state index < -0.39 is 75.1 Å². The molecule has 39 heavy (non-hydrogen) atoms. The molecule has 4 rings (SSSR count). The molecule has 0 aliphatic heterocycles. The molecular formula is C25H28Cl3N3O8. The third kappa shape index (κ3) is 4.46. The molecule has 0 bridgehead atoms. The Morgan fingerprint density at radius 1 is 1.26 bits per heavy atom. The number of aliphatic hydroxyl groups excluding tert-OH is 2. The molecule has 0 saturated heterocycles. The van der Waals surface area contributed by atoms with Gasteiger partial charge >= 0.3 is 0 Å². The van der Waals surface area contributed by atoms with Gasteiger partial charge in [0.05, 0.1) is 16.6 Å². The number of aliphatic hydroxyl groups is 3. The zero-order valence-corrected chi connectivity index (χ0v) is 23.4. The van der Waals surface area contributed by atoms with Crippen LogP contribution >= 0.6 is 35.6 Å². The van der Waals surface area contributed by atoms with Crippen molar-refractivity contribution in [3.05, 3.63) is 44.9 Å². The van der Waals surface area contributed by atoms with E-state index in [4.69, 9.17) is 28.9 Å². The number of ketones is 2. The molecule has 1 aromatic carbocycles. The molecule has 0 fully saturated rings. The van der Waals surface area contributed by atoms with Crippen molar-refractivity contribution in [2.45, 2.75) is 43.2 Å². The molecule has 1 aromatic rings. The fourth-order valence-electron chi connectivity index (χ4n) is 5.78. The first-order chi connectivity index (χ1) is 17.7. The van der Waals surface area contributed by atoms with Crippen LogP contribution in [0.2, 0.25) is 5.02 Å². The van der Waals surface area contributed by atoms with E-state index in [0.717, 1.165) is 0 Å². The number of hydrogen-bond donors (Lipinski definition) is 6. The number of likely N-dealkylation sites (N-methyl/N-ethyl adjacent to an activating group) is 1. The van der Waals surface area contributed by atoms with Crippen LogP contribution in [-0.2, 0) is 20.8 Å². The van der Waals surface area contributed by atoms with Crippen molar-refractivity contribution in [3.63, 3.8) is 0 Å². The quantitative estimate of drug-likeness (QED) is 0.166. The predicted octanol–water partition coefficient (Wildman–Crippen LogP) is 2.15. The average molecular weight is 605 g/mol. The first-order valence-corrected chi connectivity index (χ1v) is 12.6. The van der Waals surface area contributed by atoms with Gasteiger partial charge in [-0.3, -0.25) is 24.1 Å². The van der Waals surface area contributed by atoms with Crippen LogP contribution in [0.1, 0.15) is 35.7 Å². The number of fused-ring (bicyclic) bond motifs is 3. The average Bonchev–Trinajstić information content (AvgIpc) is 2.82. The van der Waals surface area contributed by atoms with Crippen LogP contribution in [0.25, 0.3) is 0 Å². The van der Waals surface area contributed by atoms with Crippen molar-refractivity contribution in [2.24, 2.45) is 17.6 Å². The van der Waals surface area contributed by atoms with Gasteiger partial charge in [-0.15, -0.1) is 24.0 Å². The first-order valence-electron chi connectivity index (χ1n) is 11.8. The summed E-state index contributed by atoms with van der Waals surface area (Å²) >= 11 is 12.3. The highest BCUT2D eigenvalue weighted by molar-refractivity contribution is 6.37. The van der Waals surface area contributed by atoms with E-state index in [1.165, 1.54) is 11.0 Å². The lowest BCUT2D eigenvalue weighted by Gasteiger charge is -2.50. The van der Waals surface area contributed by atoms with Crippen LogP contribution in [0.3, 0.4) is 0 Å². The Morgan fingerprint density at radius 2 is 1.87 bits per heavy atom. The van der Waals surface area contributed by atoms with Gasteiger partial charge in [0, 0.05) is 11.5 Å². The molecule has 3 aliphatic carbocycles. The first kappa shape index (κ1) is 30.7. The van der Waals surface area contributed by atoms with E-state index in [0.29, 0.717) is 5.56 Å². The van der Waals surface area contributed by atoms with Gasteiger partial charge < -0.3 is 31.5 Å². The minimum absolute atomic E-state index is 0. The van der Waals surface area contributed by atoms with Gasteiger partial charge in [0.25, 0.3) is 5.91 Å². The number of phenolic OH excluding ortho intramolecular Hbond substituents is 1. The van der Waals surface area contributed by atoms with Gasteiger partial charge in [0.2, 0.25) is 11.7 Å². The van der Waals surface area contributed by atoms with Crippen molar-refractivity contribution < 1.29 is 39.6 Å². The Morgan fingerprint density at radius 3 is 2.41 bits per heavy atom. The number of amides is 2. The monoisotopic (exact) mass is 603 g/mol. The van der Waals surface area contributed by atoms with Crippen molar-refractivity contribution in [2.75, 3.05) is 19.4 Å². The molecule has 4 unspecified atom stereocenters. The molecule has 0 heterocycles. The van der Waals surface area contributed by atoms with Gasteiger partial charge in [-0.05, 0) is 50.9 Å². The summed E-state index contributed by atoms with van der Waals surface area (Å²) in [6.07, 6.45) is 0.313. The molecule has 0 saturated carbocycles. The number of hydrogen-bond acceptors (Lipinski definition) is 9.